The van der Waals surface area contributed by atoms with Crippen LogP contribution in [0.2, 0.25) is 0 Å². The Kier molecular flexibility index (Phi) is 6.35. The second kappa shape index (κ2) is 8.91. The number of carbonyl (C=O) groups excluding carboxylic acids is 1. The molecule has 0 saturated carbocycles. The van der Waals surface area contributed by atoms with Gasteiger partial charge >= 0.3 is 0 Å². The number of quaternary nitrogens is 1. The van der Waals surface area contributed by atoms with Gasteiger partial charge in [-0.2, -0.15) is 0 Å². The summed E-state index contributed by atoms with van der Waals surface area (Å²) >= 11 is 0. The molecule has 0 bridgehead atoms. The topological polar surface area (TPSA) is 40.0 Å². The summed E-state index contributed by atoms with van der Waals surface area (Å²) < 4.78 is 0. The fraction of sp³-hybridized carbons (Fsp3) is 0.409. The van der Waals surface area contributed by atoms with Gasteiger partial charge in [0.15, 0.2) is 0 Å². The number of piperazine rings is 1. The molecular formula is C22H31N4O+. The zero-order valence-corrected chi connectivity index (χ0v) is 16.6. The Bertz CT molecular complexity index is 722. The summed E-state index contributed by atoms with van der Waals surface area (Å²) in [5.41, 5.74) is 3.78. The van der Waals surface area contributed by atoms with Crippen molar-refractivity contribution in [2.45, 2.75) is 13.0 Å². The lowest BCUT2D eigenvalue weighted by Crippen LogP contribution is -3.15. The number of nitrogens with one attached hydrogen (secondary N) is 2. The van der Waals surface area contributed by atoms with E-state index in [-0.39, 0.29) is 11.9 Å². The van der Waals surface area contributed by atoms with Crippen LogP contribution in [0.4, 0.5) is 11.4 Å². The molecule has 0 aliphatic carbocycles. The largest absolute Gasteiger partial charge is 0.378 e. The third-order valence-electron chi connectivity index (χ3n) is 5.39. The van der Waals surface area contributed by atoms with Crippen LogP contribution in [0, 0.1) is 0 Å². The molecule has 2 aromatic rings. The number of nitrogens with zero attached hydrogens (tertiary/aromatic N) is 2. The normalized spacial score (nSPS) is 16.0. The molecule has 1 fully saturated rings. The molecule has 3 rings (SSSR count). The van der Waals surface area contributed by atoms with E-state index in [4.69, 9.17) is 0 Å². The minimum Gasteiger partial charge on any atom is -0.378 e. The number of hydrogen-bond donors (Lipinski definition) is 2. The molecule has 2 aromatic carbocycles. The number of anilines is 2. The lowest BCUT2D eigenvalue weighted by Gasteiger charge is -2.38. The zero-order chi connectivity index (χ0) is 19.2. The Morgan fingerprint density at radius 2 is 1.70 bits per heavy atom. The van der Waals surface area contributed by atoms with E-state index in [9.17, 15) is 4.79 Å². The van der Waals surface area contributed by atoms with E-state index in [0.29, 0.717) is 6.54 Å². The van der Waals surface area contributed by atoms with Crippen molar-refractivity contribution in [2.24, 2.45) is 0 Å². The van der Waals surface area contributed by atoms with Crippen molar-refractivity contribution in [3.63, 3.8) is 0 Å². The van der Waals surface area contributed by atoms with Gasteiger partial charge in [-0.05, 0) is 24.3 Å². The van der Waals surface area contributed by atoms with Crippen LogP contribution in [0.25, 0.3) is 0 Å². The Balaban J connectivity index is 1.71. The number of para-hydroxylation sites is 1. The minimum absolute atomic E-state index is 0.0345. The van der Waals surface area contributed by atoms with Crippen LogP contribution in [0.5, 0.6) is 0 Å². The Labute approximate surface area is 162 Å². The molecule has 1 saturated heterocycles. The van der Waals surface area contributed by atoms with Crippen LogP contribution in [0.3, 0.4) is 0 Å². The molecule has 5 heteroatoms. The Morgan fingerprint density at radius 1 is 1.07 bits per heavy atom. The fourth-order valence-electron chi connectivity index (χ4n) is 3.79. The highest BCUT2D eigenvalue weighted by Gasteiger charge is 2.29. The van der Waals surface area contributed by atoms with Crippen molar-refractivity contribution >= 4 is 17.3 Å². The van der Waals surface area contributed by atoms with Gasteiger partial charge in [-0.3, -0.25) is 4.79 Å². The number of hydrogen-bond acceptors (Lipinski definition) is 3. The molecule has 1 amide bonds. The van der Waals surface area contributed by atoms with Gasteiger partial charge in [0, 0.05) is 38.0 Å². The van der Waals surface area contributed by atoms with E-state index < -0.39 is 0 Å². The SMILES string of the molecule is CC(=O)NC[C@@H](c1ccc(N(C)C)cc1)[NH+]1CCN(c2ccccc2)CC1. The van der Waals surface area contributed by atoms with E-state index >= 15 is 0 Å². The third kappa shape index (κ3) is 5.01. The summed E-state index contributed by atoms with van der Waals surface area (Å²) in [5.74, 6) is 0.0345. The molecule has 0 unspecified atom stereocenters. The second-order valence-electron chi connectivity index (χ2n) is 7.46. The molecule has 1 aliphatic rings. The summed E-state index contributed by atoms with van der Waals surface area (Å²) in [6.45, 7) is 6.47. The van der Waals surface area contributed by atoms with Crippen molar-refractivity contribution in [1.82, 2.24) is 5.32 Å². The van der Waals surface area contributed by atoms with Gasteiger partial charge in [-0.25, -0.2) is 0 Å². The zero-order valence-electron chi connectivity index (χ0n) is 16.6. The monoisotopic (exact) mass is 367 g/mol. The highest BCUT2D eigenvalue weighted by atomic mass is 16.1. The van der Waals surface area contributed by atoms with Crippen molar-refractivity contribution in [3.05, 3.63) is 60.2 Å². The van der Waals surface area contributed by atoms with E-state index in [0.717, 1.165) is 26.2 Å². The fourth-order valence-corrected chi connectivity index (χ4v) is 3.79. The van der Waals surface area contributed by atoms with Gasteiger partial charge in [0.2, 0.25) is 5.91 Å². The van der Waals surface area contributed by atoms with Gasteiger partial charge in [-0.1, -0.05) is 30.3 Å². The van der Waals surface area contributed by atoms with E-state index in [2.05, 4.69) is 83.8 Å². The lowest BCUT2D eigenvalue weighted by molar-refractivity contribution is -0.931. The molecule has 27 heavy (non-hydrogen) atoms. The average Bonchev–Trinajstić information content (AvgIpc) is 2.69. The number of benzene rings is 2. The van der Waals surface area contributed by atoms with Crippen LogP contribution in [0.1, 0.15) is 18.5 Å². The highest BCUT2D eigenvalue weighted by molar-refractivity contribution is 5.72. The minimum atomic E-state index is 0.0345. The van der Waals surface area contributed by atoms with E-state index in [1.165, 1.54) is 21.8 Å². The average molecular weight is 368 g/mol. The van der Waals surface area contributed by atoms with Crippen LogP contribution >= 0.6 is 0 Å². The maximum Gasteiger partial charge on any atom is 0.217 e. The predicted octanol–water partition coefficient (Wildman–Crippen LogP) is 1.33. The lowest BCUT2D eigenvalue weighted by atomic mass is 10.0. The summed E-state index contributed by atoms with van der Waals surface area (Å²) in [7, 11) is 4.11. The molecule has 1 heterocycles. The first-order chi connectivity index (χ1) is 13.0. The van der Waals surface area contributed by atoms with Crippen LogP contribution in [0.15, 0.2) is 54.6 Å². The third-order valence-corrected chi connectivity index (χ3v) is 5.39. The second-order valence-corrected chi connectivity index (χ2v) is 7.46. The molecular weight excluding hydrogens is 336 g/mol. The molecule has 5 nitrogen and oxygen atoms in total. The molecule has 0 radical (unpaired) electrons. The van der Waals surface area contributed by atoms with E-state index in [1.54, 1.807) is 6.92 Å². The number of rotatable bonds is 6. The molecule has 1 atom stereocenters. The smallest absolute Gasteiger partial charge is 0.217 e. The number of amides is 1. The summed E-state index contributed by atoms with van der Waals surface area (Å²) in [5, 5.41) is 3.04. The van der Waals surface area contributed by atoms with Crippen molar-refractivity contribution < 1.29 is 9.69 Å². The van der Waals surface area contributed by atoms with Gasteiger partial charge in [0.05, 0.1) is 32.7 Å². The van der Waals surface area contributed by atoms with Crippen molar-refractivity contribution in [2.75, 3.05) is 56.6 Å². The van der Waals surface area contributed by atoms with Crippen LogP contribution in [-0.4, -0.2) is 52.7 Å². The highest BCUT2D eigenvalue weighted by Crippen LogP contribution is 2.17. The molecule has 1 aliphatic heterocycles. The maximum absolute atomic E-state index is 11.5. The summed E-state index contributed by atoms with van der Waals surface area (Å²) in [6.07, 6.45) is 0. The first-order valence-corrected chi connectivity index (χ1v) is 9.71. The molecule has 2 N–H and O–H groups in total. The van der Waals surface area contributed by atoms with Crippen molar-refractivity contribution in [3.8, 4) is 0 Å². The van der Waals surface area contributed by atoms with Gasteiger partial charge < -0.3 is 20.0 Å². The van der Waals surface area contributed by atoms with Gasteiger partial charge in [-0.15, -0.1) is 0 Å². The molecule has 0 spiro atoms. The van der Waals surface area contributed by atoms with Crippen molar-refractivity contribution in [1.29, 1.82) is 0 Å². The standard InChI is InChI=1S/C22H30N4O/c1-18(27)23-17-22(19-9-11-20(12-10-19)24(2)3)26-15-13-25(14-16-26)21-7-5-4-6-8-21/h4-12,22H,13-17H2,1-3H3,(H,23,27)/p+1/t22-/m0/s1. The van der Waals surface area contributed by atoms with Gasteiger partial charge in [0.25, 0.3) is 0 Å². The van der Waals surface area contributed by atoms with Crippen LogP contribution in [-0.2, 0) is 4.79 Å². The van der Waals surface area contributed by atoms with Gasteiger partial charge in [0.1, 0.15) is 6.04 Å². The number of carbonyl (C=O) groups is 1. The Hall–Kier alpha value is -2.53. The molecule has 144 valence electrons. The summed E-state index contributed by atoms with van der Waals surface area (Å²) in [4.78, 5) is 17.6. The van der Waals surface area contributed by atoms with E-state index in [1.807, 2.05) is 0 Å². The molecule has 0 aromatic heterocycles. The predicted molar refractivity (Wildman–Crippen MR) is 112 cm³/mol. The maximum atomic E-state index is 11.5. The Morgan fingerprint density at radius 3 is 2.26 bits per heavy atom. The first kappa shape index (κ1) is 19.2. The quantitative estimate of drug-likeness (QED) is 0.809. The first-order valence-electron chi connectivity index (χ1n) is 9.71. The van der Waals surface area contributed by atoms with Crippen LogP contribution < -0.4 is 20.0 Å². The summed E-state index contributed by atoms with van der Waals surface area (Å²) in [6, 6.07) is 19.6.